The fraction of sp³-hybridized carbons (Fsp3) is 0.842. The van der Waals surface area contributed by atoms with Crippen LogP contribution in [0.3, 0.4) is 0 Å². The van der Waals surface area contributed by atoms with Gasteiger partial charge in [0.1, 0.15) is 0 Å². The highest BCUT2D eigenvalue weighted by molar-refractivity contribution is 5.04. The molecule has 1 saturated heterocycles. The van der Waals surface area contributed by atoms with Crippen molar-refractivity contribution >= 4 is 0 Å². The van der Waals surface area contributed by atoms with Gasteiger partial charge in [-0.1, -0.05) is 13.8 Å². The molecular weight excluding hydrogens is 300 g/mol. The summed E-state index contributed by atoms with van der Waals surface area (Å²) in [5.41, 5.74) is 1.84. The second kappa shape index (κ2) is 7.14. The fourth-order valence-electron chi connectivity index (χ4n) is 4.49. The van der Waals surface area contributed by atoms with Gasteiger partial charge in [-0.15, -0.1) is 0 Å². The summed E-state index contributed by atoms with van der Waals surface area (Å²) in [6, 6.07) is 0.582. The van der Waals surface area contributed by atoms with Gasteiger partial charge in [0.05, 0.1) is 24.2 Å². The van der Waals surface area contributed by atoms with Crippen LogP contribution in [0, 0.1) is 5.41 Å². The van der Waals surface area contributed by atoms with Crippen LogP contribution in [-0.4, -0.2) is 53.8 Å². The fourth-order valence-corrected chi connectivity index (χ4v) is 4.49. The van der Waals surface area contributed by atoms with E-state index >= 15 is 0 Å². The molecule has 5 heteroatoms. The first-order chi connectivity index (χ1) is 11.4. The second-order valence-electron chi connectivity index (χ2n) is 8.68. The summed E-state index contributed by atoms with van der Waals surface area (Å²) in [7, 11) is 4.18. The largest absolute Gasteiger partial charge is 0.374 e. The minimum Gasteiger partial charge on any atom is -0.374 e. The van der Waals surface area contributed by atoms with Crippen LogP contribution < -0.4 is 5.32 Å². The molecule has 2 aliphatic rings. The van der Waals surface area contributed by atoms with Gasteiger partial charge < -0.3 is 14.6 Å². The monoisotopic (exact) mass is 334 g/mol. The van der Waals surface area contributed by atoms with Crippen LogP contribution in [0.5, 0.6) is 0 Å². The van der Waals surface area contributed by atoms with Crippen molar-refractivity contribution in [2.45, 2.75) is 64.1 Å². The molecule has 0 amide bonds. The summed E-state index contributed by atoms with van der Waals surface area (Å²) in [6.45, 7) is 8.63. The van der Waals surface area contributed by atoms with Gasteiger partial charge in [-0.3, -0.25) is 4.90 Å². The van der Waals surface area contributed by atoms with Gasteiger partial charge in [0.15, 0.2) is 0 Å². The van der Waals surface area contributed by atoms with Crippen molar-refractivity contribution in [3.05, 3.63) is 18.2 Å². The predicted octanol–water partition coefficient (Wildman–Crippen LogP) is 2.83. The van der Waals surface area contributed by atoms with E-state index in [1.165, 1.54) is 37.8 Å². The van der Waals surface area contributed by atoms with Crippen LogP contribution in [0.4, 0.5) is 0 Å². The first-order valence-electron chi connectivity index (χ1n) is 9.41. The smallest absolute Gasteiger partial charge is 0.0951 e. The molecule has 5 nitrogen and oxygen atoms in total. The lowest BCUT2D eigenvalue weighted by Crippen LogP contribution is -2.35. The SMILES string of the molecule is CNCCN(C)Cc1cncn1[C@H]1CC[C@@]2(CC1)CC(C)(C)CO2. The third kappa shape index (κ3) is 4.01. The zero-order chi connectivity index (χ0) is 17.2. The minimum absolute atomic E-state index is 0.157. The molecule has 2 fully saturated rings. The molecule has 1 saturated carbocycles. The zero-order valence-corrected chi connectivity index (χ0v) is 15.8. The van der Waals surface area contributed by atoms with E-state index in [1.807, 2.05) is 19.6 Å². The standard InChI is InChI=1S/C19H34N4O/c1-18(2)13-19(24-14-18)7-5-16(6-8-19)23-15-21-11-17(23)12-22(4)10-9-20-3/h11,15-16,20H,5-10,12-14H2,1-4H3/t16-,19+. The summed E-state index contributed by atoms with van der Waals surface area (Å²) >= 11 is 0. The average molecular weight is 335 g/mol. The maximum atomic E-state index is 6.26. The Kier molecular flexibility index (Phi) is 5.33. The summed E-state index contributed by atoms with van der Waals surface area (Å²) < 4.78 is 8.68. The molecule has 0 aromatic carbocycles. The topological polar surface area (TPSA) is 42.3 Å². The van der Waals surface area contributed by atoms with Gasteiger partial charge in [-0.2, -0.15) is 0 Å². The second-order valence-corrected chi connectivity index (χ2v) is 8.68. The third-order valence-corrected chi connectivity index (χ3v) is 5.75. The van der Waals surface area contributed by atoms with Crippen LogP contribution in [0.1, 0.15) is 57.7 Å². The van der Waals surface area contributed by atoms with Gasteiger partial charge in [-0.05, 0) is 51.6 Å². The van der Waals surface area contributed by atoms with E-state index in [0.29, 0.717) is 11.5 Å². The molecular formula is C19H34N4O. The quantitative estimate of drug-likeness (QED) is 0.869. The molecule has 0 unspecified atom stereocenters. The molecule has 1 aromatic rings. The normalized spacial score (nSPS) is 29.6. The highest BCUT2D eigenvalue weighted by Crippen LogP contribution is 2.48. The van der Waals surface area contributed by atoms with Crippen molar-refractivity contribution in [1.82, 2.24) is 19.8 Å². The lowest BCUT2D eigenvalue weighted by atomic mass is 9.75. The number of hydrogen-bond donors (Lipinski definition) is 1. The Labute approximate surface area is 146 Å². The Morgan fingerprint density at radius 2 is 2.12 bits per heavy atom. The minimum atomic E-state index is 0.157. The molecule has 0 radical (unpaired) electrons. The predicted molar refractivity (Wildman–Crippen MR) is 97.1 cm³/mol. The summed E-state index contributed by atoms with van der Waals surface area (Å²) in [5, 5.41) is 3.21. The van der Waals surface area contributed by atoms with E-state index in [1.54, 1.807) is 0 Å². The van der Waals surface area contributed by atoms with E-state index in [2.05, 4.69) is 40.7 Å². The lowest BCUT2D eigenvalue weighted by molar-refractivity contribution is -0.0344. The van der Waals surface area contributed by atoms with E-state index in [9.17, 15) is 0 Å². The highest BCUT2D eigenvalue weighted by atomic mass is 16.5. The zero-order valence-electron chi connectivity index (χ0n) is 15.8. The van der Waals surface area contributed by atoms with Crippen LogP contribution >= 0.6 is 0 Å². The molecule has 1 spiro atoms. The third-order valence-electron chi connectivity index (χ3n) is 5.75. The summed E-state index contributed by atoms with van der Waals surface area (Å²) in [5.74, 6) is 0. The maximum absolute atomic E-state index is 6.26. The summed E-state index contributed by atoms with van der Waals surface area (Å²) in [4.78, 5) is 6.79. The number of likely N-dealkylation sites (N-methyl/N-ethyl adjacent to an activating group) is 2. The molecule has 1 aromatic heterocycles. The van der Waals surface area contributed by atoms with Crippen molar-refractivity contribution in [3.8, 4) is 0 Å². The molecule has 3 rings (SSSR count). The van der Waals surface area contributed by atoms with E-state index < -0.39 is 0 Å². The van der Waals surface area contributed by atoms with Gasteiger partial charge in [0.25, 0.3) is 0 Å². The number of nitrogens with one attached hydrogen (secondary N) is 1. The Bertz CT molecular complexity index is 531. The average Bonchev–Trinajstić information content (AvgIpc) is 3.11. The first kappa shape index (κ1) is 17.9. The van der Waals surface area contributed by atoms with Gasteiger partial charge in [0, 0.05) is 31.9 Å². The van der Waals surface area contributed by atoms with Crippen molar-refractivity contribution < 1.29 is 4.74 Å². The van der Waals surface area contributed by atoms with Crippen molar-refractivity contribution in [2.75, 3.05) is 33.8 Å². The Morgan fingerprint density at radius 3 is 2.75 bits per heavy atom. The Morgan fingerprint density at radius 1 is 1.38 bits per heavy atom. The van der Waals surface area contributed by atoms with Crippen LogP contribution in [-0.2, 0) is 11.3 Å². The summed E-state index contributed by atoms with van der Waals surface area (Å²) in [6.07, 6.45) is 10.1. The molecule has 1 aliphatic heterocycles. The van der Waals surface area contributed by atoms with Crippen molar-refractivity contribution in [3.63, 3.8) is 0 Å². The number of hydrogen-bond acceptors (Lipinski definition) is 4. The van der Waals surface area contributed by atoms with E-state index in [0.717, 1.165) is 26.2 Å². The molecule has 0 bridgehead atoms. The van der Waals surface area contributed by atoms with Gasteiger partial charge in [0.2, 0.25) is 0 Å². The Balaban J connectivity index is 1.58. The van der Waals surface area contributed by atoms with E-state index in [-0.39, 0.29) is 5.60 Å². The number of nitrogens with zero attached hydrogens (tertiary/aromatic N) is 3. The number of ether oxygens (including phenoxy) is 1. The number of rotatable bonds is 6. The molecule has 1 aliphatic carbocycles. The van der Waals surface area contributed by atoms with Crippen molar-refractivity contribution in [2.24, 2.45) is 5.41 Å². The van der Waals surface area contributed by atoms with E-state index in [4.69, 9.17) is 4.74 Å². The molecule has 24 heavy (non-hydrogen) atoms. The molecule has 2 heterocycles. The molecule has 136 valence electrons. The van der Waals surface area contributed by atoms with Crippen molar-refractivity contribution in [1.29, 1.82) is 0 Å². The van der Waals surface area contributed by atoms with Crippen LogP contribution in [0.15, 0.2) is 12.5 Å². The lowest BCUT2D eigenvalue weighted by Gasteiger charge is -2.38. The number of aromatic nitrogens is 2. The maximum Gasteiger partial charge on any atom is 0.0951 e. The first-order valence-corrected chi connectivity index (χ1v) is 9.41. The van der Waals surface area contributed by atoms with Gasteiger partial charge >= 0.3 is 0 Å². The molecule has 0 atom stereocenters. The van der Waals surface area contributed by atoms with Crippen LogP contribution in [0.2, 0.25) is 0 Å². The molecule has 1 N–H and O–H groups in total. The van der Waals surface area contributed by atoms with Crippen LogP contribution in [0.25, 0.3) is 0 Å². The Hall–Kier alpha value is -0.910. The van der Waals surface area contributed by atoms with Gasteiger partial charge in [-0.25, -0.2) is 4.98 Å². The number of imidazole rings is 1. The highest BCUT2D eigenvalue weighted by Gasteiger charge is 2.46.